The molecular weight excluding hydrogens is 217 g/mol. The Morgan fingerprint density at radius 1 is 1.29 bits per heavy atom. The summed E-state index contributed by atoms with van der Waals surface area (Å²) in [6.07, 6.45) is 0. The van der Waals surface area contributed by atoms with Crippen molar-refractivity contribution in [1.82, 2.24) is 0 Å². The van der Waals surface area contributed by atoms with Gasteiger partial charge in [-0.2, -0.15) is 0 Å². The third-order valence-electron chi connectivity index (χ3n) is 1.33. The van der Waals surface area contributed by atoms with E-state index >= 15 is 0 Å². The van der Waals surface area contributed by atoms with E-state index in [4.69, 9.17) is 4.74 Å². The average Bonchev–Trinajstić information content (AvgIpc) is 2.03. The topological polar surface area (TPSA) is 78.5 Å². The minimum absolute atomic E-state index is 0. The number of hydrogen-bond donors (Lipinski definition) is 1. The van der Waals surface area contributed by atoms with Gasteiger partial charge < -0.3 is 9.29 Å². The van der Waals surface area contributed by atoms with Crippen molar-refractivity contribution in [3.8, 4) is 5.75 Å². The molecule has 5 nitrogen and oxygen atoms in total. The molecule has 0 unspecified atom stereocenters. The molecule has 0 aromatic heterocycles. The van der Waals surface area contributed by atoms with Crippen LogP contribution in [0.1, 0.15) is 0 Å². The number of anilines is 1. The Bertz CT molecular complexity index is 375. The molecule has 1 rings (SSSR count). The van der Waals surface area contributed by atoms with Crippen molar-refractivity contribution in [1.29, 1.82) is 0 Å². The fourth-order valence-corrected chi connectivity index (χ4v) is 1.23. The van der Waals surface area contributed by atoms with Gasteiger partial charge in [-0.15, -0.1) is 0 Å². The molecule has 0 bridgehead atoms. The Labute approximate surface area is 105 Å². The Kier molecular flexibility index (Phi) is 5.46. The van der Waals surface area contributed by atoms with Crippen LogP contribution in [0.2, 0.25) is 0 Å². The van der Waals surface area contributed by atoms with Crippen molar-refractivity contribution in [2.24, 2.45) is 0 Å². The van der Waals surface area contributed by atoms with Crippen molar-refractivity contribution in [3.63, 3.8) is 0 Å². The van der Waals surface area contributed by atoms with E-state index < -0.39 is 10.3 Å². The summed E-state index contributed by atoms with van der Waals surface area (Å²) >= 11 is 0. The van der Waals surface area contributed by atoms with Gasteiger partial charge in [-0.25, -0.2) is 8.42 Å². The third kappa shape index (κ3) is 4.83. The largest absolute Gasteiger partial charge is 1.00 e. The van der Waals surface area contributed by atoms with Crippen molar-refractivity contribution < 1.29 is 47.3 Å². The molecule has 0 aliphatic carbocycles. The van der Waals surface area contributed by atoms with Crippen molar-refractivity contribution in [2.45, 2.75) is 0 Å². The van der Waals surface area contributed by atoms with Crippen molar-refractivity contribution >= 4 is 16.0 Å². The molecule has 0 amide bonds. The maximum atomic E-state index is 10.3. The molecule has 72 valence electrons. The minimum atomic E-state index is -4.44. The number of methoxy groups -OCH3 is 1. The van der Waals surface area contributed by atoms with Gasteiger partial charge in [0.2, 0.25) is 0 Å². The number of ether oxygens (including phenoxy) is 1. The monoisotopic (exact) mass is 225 g/mol. The molecule has 0 atom stereocenters. The predicted octanol–water partition coefficient (Wildman–Crippen LogP) is -2.43. The van der Waals surface area contributed by atoms with E-state index in [-0.39, 0.29) is 35.2 Å². The minimum Gasteiger partial charge on any atom is -0.731 e. The van der Waals surface area contributed by atoms with Gasteiger partial charge >= 0.3 is 29.6 Å². The Balaban J connectivity index is 0.00000169. The molecule has 1 N–H and O–H groups in total. The molecule has 0 fully saturated rings. The summed E-state index contributed by atoms with van der Waals surface area (Å²) in [6, 6.07) is 5.98. The van der Waals surface area contributed by atoms with E-state index in [1.54, 1.807) is 16.9 Å². The van der Waals surface area contributed by atoms with Crippen LogP contribution in [0, 0.1) is 0 Å². The van der Waals surface area contributed by atoms with E-state index in [0.29, 0.717) is 5.75 Å². The maximum Gasteiger partial charge on any atom is 1.00 e. The van der Waals surface area contributed by atoms with Gasteiger partial charge in [0.1, 0.15) is 5.75 Å². The molecule has 0 spiro atoms. The second-order valence-electron chi connectivity index (χ2n) is 2.28. The van der Waals surface area contributed by atoms with Crippen LogP contribution < -0.4 is 39.0 Å². The van der Waals surface area contributed by atoms with Crippen LogP contribution in [0.4, 0.5) is 5.69 Å². The number of rotatable bonds is 3. The summed E-state index contributed by atoms with van der Waals surface area (Å²) in [7, 11) is -2.94. The maximum absolute atomic E-state index is 10.3. The van der Waals surface area contributed by atoms with Crippen LogP contribution in [0.15, 0.2) is 24.3 Å². The van der Waals surface area contributed by atoms with Crippen LogP contribution in [0.5, 0.6) is 5.75 Å². The summed E-state index contributed by atoms with van der Waals surface area (Å²) < 4.78 is 37.4. The van der Waals surface area contributed by atoms with Gasteiger partial charge in [0.05, 0.1) is 7.11 Å². The SMILES string of the molecule is COc1ccc(NS(=O)(=O)[O-])cc1.[Na+]. The van der Waals surface area contributed by atoms with Gasteiger partial charge in [0.15, 0.2) is 10.3 Å². The first kappa shape index (κ1) is 13.7. The molecule has 14 heavy (non-hydrogen) atoms. The first-order valence-electron chi connectivity index (χ1n) is 3.39. The normalized spacial score (nSPS) is 10.1. The zero-order chi connectivity index (χ0) is 9.90. The van der Waals surface area contributed by atoms with Crippen molar-refractivity contribution in [2.75, 3.05) is 11.8 Å². The van der Waals surface area contributed by atoms with Crippen molar-refractivity contribution in [3.05, 3.63) is 24.3 Å². The number of benzene rings is 1. The zero-order valence-electron chi connectivity index (χ0n) is 7.85. The molecule has 0 aliphatic heterocycles. The van der Waals surface area contributed by atoms with Crippen LogP contribution in [-0.2, 0) is 10.3 Å². The summed E-state index contributed by atoms with van der Waals surface area (Å²) in [5.74, 6) is 0.592. The molecule has 0 saturated heterocycles. The Morgan fingerprint density at radius 3 is 2.14 bits per heavy atom. The van der Waals surface area contributed by atoms with E-state index in [1.165, 1.54) is 19.2 Å². The molecule has 7 heteroatoms. The van der Waals surface area contributed by atoms with Gasteiger partial charge in [-0.3, -0.25) is 4.72 Å². The third-order valence-corrected chi connectivity index (χ3v) is 1.82. The average molecular weight is 225 g/mol. The van der Waals surface area contributed by atoms with Crippen LogP contribution >= 0.6 is 0 Å². The molecule has 0 heterocycles. The standard InChI is InChI=1S/C7H9NO4S.Na/c1-12-7-4-2-6(3-5-7)8-13(9,10)11;/h2-5,8H,1H3,(H,9,10,11);/q;+1/p-1. The second-order valence-corrected chi connectivity index (χ2v) is 3.40. The Morgan fingerprint density at radius 2 is 1.79 bits per heavy atom. The van der Waals surface area contributed by atoms with Crippen LogP contribution in [0.3, 0.4) is 0 Å². The summed E-state index contributed by atoms with van der Waals surface area (Å²) in [4.78, 5) is 0. The van der Waals surface area contributed by atoms with Crippen LogP contribution in [0.25, 0.3) is 0 Å². The quantitative estimate of drug-likeness (QED) is 0.458. The van der Waals surface area contributed by atoms with Crippen LogP contribution in [-0.4, -0.2) is 20.1 Å². The molecule has 0 radical (unpaired) electrons. The molecular formula is C7H8NNaO4S. The molecule has 1 aromatic carbocycles. The predicted molar refractivity (Wildman–Crippen MR) is 46.3 cm³/mol. The van der Waals surface area contributed by atoms with Gasteiger partial charge in [-0.05, 0) is 24.3 Å². The van der Waals surface area contributed by atoms with Gasteiger partial charge in [0, 0.05) is 5.69 Å². The zero-order valence-corrected chi connectivity index (χ0v) is 10.7. The summed E-state index contributed by atoms with van der Waals surface area (Å²) in [6.45, 7) is 0. The Hall–Kier alpha value is -0.270. The number of hydrogen-bond acceptors (Lipinski definition) is 4. The van der Waals surface area contributed by atoms with E-state index in [0.717, 1.165) is 0 Å². The fourth-order valence-electron chi connectivity index (χ4n) is 0.803. The van der Waals surface area contributed by atoms with E-state index in [9.17, 15) is 13.0 Å². The van der Waals surface area contributed by atoms with E-state index in [1.807, 2.05) is 0 Å². The molecule has 0 aliphatic rings. The van der Waals surface area contributed by atoms with Gasteiger partial charge in [0.25, 0.3) is 0 Å². The fraction of sp³-hybridized carbons (Fsp3) is 0.143. The molecule has 1 aromatic rings. The van der Waals surface area contributed by atoms with E-state index in [2.05, 4.69) is 0 Å². The second kappa shape index (κ2) is 5.57. The first-order chi connectivity index (χ1) is 6.01. The summed E-state index contributed by atoms with van der Waals surface area (Å²) in [5, 5.41) is 0. The number of nitrogens with one attached hydrogen (secondary N) is 1. The smallest absolute Gasteiger partial charge is 0.731 e. The first-order valence-corrected chi connectivity index (χ1v) is 4.80. The van der Waals surface area contributed by atoms with Gasteiger partial charge in [-0.1, -0.05) is 0 Å². The summed E-state index contributed by atoms with van der Waals surface area (Å²) in [5.41, 5.74) is 0.218. The molecule has 0 saturated carbocycles.